The number of benzene rings is 2. The van der Waals surface area contributed by atoms with E-state index in [1.165, 1.54) is 0 Å². The van der Waals surface area contributed by atoms with Crippen LogP contribution in [0.4, 0.5) is 11.4 Å². The first-order chi connectivity index (χ1) is 9.61. The molecular formula is C16H18N2O2. The van der Waals surface area contributed by atoms with Gasteiger partial charge in [-0.25, -0.2) is 0 Å². The number of nitrogens with two attached hydrogens (primary N) is 1. The van der Waals surface area contributed by atoms with Crippen LogP contribution in [-0.4, -0.2) is 12.5 Å². The van der Waals surface area contributed by atoms with Crippen molar-refractivity contribution in [1.29, 1.82) is 0 Å². The maximum absolute atomic E-state index is 12.3. The average Bonchev–Trinajstić information content (AvgIpc) is 2.44. The highest BCUT2D eigenvalue weighted by Crippen LogP contribution is 2.25. The van der Waals surface area contributed by atoms with Gasteiger partial charge in [0, 0.05) is 5.69 Å². The van der Waals surface area contributed by atoms with Crippen LogP contribution in [0.15, 0.2) is 42.5 Å². The number of carbonyl (C=O) groups is 1. The predicted octanol–water partition coefficient (Wildman–Crippen LogP) is 3.23. The summed E-state index contributed by atoms with van der Waals surface area (Å²) in [5.74, 6) is 0.410. The summed E-state index contributed by atoms with van der Waals surface area (Å²) in [6, 6.07) is 12.7. The molecule has 0 aliphatic heterocycles. The molecule has 0 heterocycles. The van der Waals surface area contributed by atoms with Gasteiger partial charge in [-0.15, -0.1) is 0 Å². The van der Waals surface area contributed by atoms with Crippen molar-refractivity contribution in [3.8, 4) is 5.75 Å². The van der Waals surface area contributed by atoms with E-state index in [4.69, 9.17) is 10.5 Å². The van der Waals surface area contributed by atoms with Gasteiger partial charge in [-0.3, -0.25) is 4.79 Å². The topological polar surface area (TPSA) is 64.3 Å². The molecule has 0 fully saturated rings. The fraction of sp³-hybridized carbons (Fsp3) is 0.188. The lowest BCUT2D eigenvalue weighted by Gasteiger charge is -2.12. The zero-order valence-electron chi connectivity index (χ0n) is 11.6. The Balaban J connectivity index is 2.26. The van der Waals surface area contributed by atoms with Gasteiger partial charge in [0.25, 0.3) is 5.91 Å². The van der Waals surface area contributed by atoms with Crippen molar-refractivity contribution in [1.82, 2.24) is 0 Å². The molecule has 0 atom stereocenters. The van der Waals surface area contributed by atoms with Crippen molar-refractivity contribution < 1.29 is 9.53 Å². The van der Waals surface area contributed by atoms with Crippen LogP contribution < -0.4 is 15.8 Å². The quantitative estimate of drug-likeness (QED) is 0.838. The molecule has 0 spiro atoms. The Morgan fingerprint density at radius 2 is 2.00 bits per heavy atom. The Kier molecular flexibility index (Phi) is 4.25. The number of carbonyl (C=O) groups excluding carboxylic acids is 1. The number of ether oxygens (including phenoxy) is 1. The van der Waals surface area contributed by atoms with Gasteiger partial charge in [-0.1, -0.05) is 23.8 Å². The largest absolute Gasteiger partial charge is 0.492 e. The lowest BCUT2D eigenvalue weighted by Crippen LogP contribution is -2.15. The van der Waals surface area contributed by atoms with Crippen LogP contribution in [0.1, 0.15) is 22.8 Å². The third-order valence-electron chi connectivity index (χ3n) is 2.89. The van der Waals surface area contributed by atoms with Crippen molar-refractivity contribution in [2.24, 2.45) is 0 Å². The summed E-state index contributed by atoms with van der Waals surface area (Å²) >= 11 is 0. The zero-order chi connectivity index (χ0) is 14.5. The molecule has 0 aliphatic rings. The second kappa shape index (κ2) is 6.10. The predicted molar refractivity (Wildman–Crippen MR) is 81.2 cm³/mol. The maximum Gasteiger partial charge on any atom is 0.257 e. The third kappa shape index (κ3) is 3.09. The summed E-state index contributed by atoms with van der Waals surface area (Å²) < 4.78 is 5.48. The first-order valence-electron chi connectivity index (χ1n) is 6.51. The number of aryl methyl sites for hydroxylation is 1. The number of amides is 1. The number of rotatable bonds is 4. The van der Waals surface area contributed by atoms with Crippen molar-refractivity contribution in [2.75, 3.05) is 17.7 Å². The van der Waals surface area contributed by atoms with E-state index in [2.05, 4.69) is 5.32 Å². The molecule has 2 aromatic carbocycles. The molecule has 0 aliphatic carbocycles. The molecule has 4 heteroatoms. The Morgan fingerprint density at radius 1 is 1.25 bits per heavy atom. The fourth-order valence-electron chi connectivity index (χ4n) is 1.91. The SMILES string of the molecule is CCOc1ccccc1NC(=O)c1cc(C)ccc1N. The van der Waals surface area contributed by atoms with E-state index >= 15 is 0 Å². The van der Waals surface area contributed by atoms with Gasteiger partial charge >= 0.3 is 0 Å². The summed E-state index contributed by atoms with van der Waals surface area (Å²) in [5, 5.41) is 2.84. The number of nitrogens with one attached hydrogen (secondary N) is 1. The lowest BCUT2D eigenvalue weighted by molar-refractivity contribution is 0.102. The summed E-state index contributed by atoms with van der Waals surface area (Å²) in [4.78, 5) is 12.3. The van der Waals surface area contributed by atoms with Crippen LogP contribution in [0.2, 0.25) is 0 Å². The van der Waals surface area contributed by atoms with Crippen LogP contribution in [0.3, 0.4) is 0 Å². The van der Waals surface area contributed by atoms with Gasteiger partial charge in [-0.05, 0) is 38.1 Å². The van der Waals surface area contributed by atoms with Crippen molar-refractivity contribution in [3.63, 3.8) is 0 Å². The van der Waals surface area contributed by atoms with Gasteiger partial charge in [0.15, 0.2) is 0 Å². The number of nitrogen functional groups attached to an aromatic ring is 1. The molecule has 1 amide bonds. The van der Waals surface area contributed by atoms with E-state index in [1.807, 2.05) is 38.1 Å². The molecule has 4 nitrogen and oxygen atoms in total. The van der Waals surface area contributed by atoms with Crippen LogP contribution in [0, 0.1) is 6.92 Å². The van der Waals surface area contributed by atoms with Gasteiger partial charge in [0.1, 0.15) is 5.75 Å². The van der Waals surface area contributed by atoms with E-state index in [-0.39, 0.29) is 5.91 Å². The molecule has 2 aromatic rings. The number of anilines is 2. The molecule has 0 unspecified atom stereocenters. The molecule has 0 bridgehead atoms. The minimum Gasteiger partial charge on any atom is -0.492 e. The average molecular weight is 270 g/mol. The number of hydrogen-bond acceptors (Lipinski definition) is 3. The summed E-state index contributed by atoms with van der Waals surface area (Å²) in [7, 11) is 0. The molecule has 0 radical (unpaired) electrons. The second-order valence-corrected chi connectivity index (χ2v) is 4.47. The van der Waals surface area contributed by atoms with Gasteiger partial charge in [-0.2, -0.15) is 0 Å². The van der Waals surface area contributed by atoms with E-state index in [1.54, 1.807) is 18.2 Å². The van der Waals surface area contributed by atoms with E-state index in [0.29, 0.717) is 29.3 Å². The zero-order valence-corrected chi connectivity index (χ0v) is 11.6. The normalized spacial score (nSPS) is 10.1. The van der Waals surface area contributed by atoms with E-state index in [0.717, 1.165) is 5.56 Å². The summed E-state index contributed by atoms with van der Waals surface area (Å²) in [5.41, 5.74) is 8.41. The van der Waals surface area contributed by atoms with E-state index in [9.17, 15) is 4.79 Å². The molecule has 0 saturated heterocycles. The summed E-state index contributed by atoms with van der Waals surface area (Å²) in [6.07, 6.45) is 0. The standard InChI is InChI=1S/C16H18N2O2/c1-3-20-15-7-5-4-6-14(15)18-16(19)12-10-11(2)8-9-13(12)17/h4-10H,3,17H2,1-2H3,(H,18,19). The molecular weight excluding hydrogens is 252 g/mol. The highest BCUT2D eigenvalue weighted by Gasteiger charge is 2.12. The van der Waals surface area contributed by atoms with Gasteiger partial charge in [0.05, 0.1) is 17.9 Å². The van der Waals surface area contributed by atoms with E-state index < -0.39 is 0 Å². The van der Waals surface area contributed by atoms with Crippen LogP contribution >= 0.6 is 0 Å². The number of para-hydroxylation sites is 2. The monoisotopic (exact) mass is 270 g/mol. The molecule has 3 N–H and O–H groups in total. The van der Waals surface area contributed by atoms with Crippen LogP contribution in [0.25, 0.3) is 0 Å². The van der Waals surface area contributed by atoms with Crippen molar-refractivity contribution in [3.05, 3.63) is 53.6 Å². The Hall–Kier alpha value is -2.49. The van der Waals surface area contributed by atoms with Gasteiger partial charge < -0.3 is 15.8 Å². The molecule has 20 heavy (non-hydrogen) atoms. The molecule has 104 valence electrons. The molecule has 2 rings (SSSR count). The first-order valence-corrected chi connectivity index (χ1v) is 6.51. The molecule has 0 aromatic heterocycles. The van der Waals surface area contributed by atoms with Gasteiger partial charge in [0.2, 0.25) is 0 Å². The Bertz CT molecular complexity index is 624. The highest BCUT2D eigenvalue weighted by atomic mass is 16.5. The second-order valence-electron chi connectivity index (χ2n) is 4.47. The van der Waals surface area contributed by atoms with Crippen LogP contribution in [-0.2, 0) is 0 Å². The first kappa shape index (κ1) is 13.9. The fourth-order valence-corrected chi connectivity index (χ4v) is 1.91. The smallest absolute Gasteiger partial charge is 0.257 e. The number of hydrogen-bond donors (Lipinski definition) is 2. The van der Waals surface area contributed by atoms with Crippen molar-refractivity contribution >= 4 is 17.3 Å². The Morgan fingerprint density at radius 3 is 2.75 bits per heavy atom. The lowest BCUT2D eigenvalue weighted by atomic mass is 10.1. The highest BCUT2D eigenvalue weighted by molar-refractivity contribution is 6.08. The minimum absolute atomic E-state index is 0.238. The summed E-state index contributed by atoms with van der Waals surface area (Å²) in [6.45, 7) is 4.36. The van der Waals surface area contributed by atoms with Crippen molar-refractivity contribution in [2.45, 2.75) is 13.8 Å². The molecule has 0 saturated carbocycles. The third-order valence-corrected chi connectivity index (χ3v) is 2.89. The Labute approximate surface area is 118 Å². The minimum atomic E-state index is -0.238. The maximum atomic E-state index is 12.3. The van der Waals surface area contributed by atoms with Crippen LogP contribution in [0.5, 0.6) is 5.75 Å².